The molecule has 2 aromatic carbocycles. The van der Waals surface area contributed by atoms with Crippen LogP contribution < -0.4 is 9.47 Å². The second-order valence-corrected chi connectivity index (χ2v) is 6.32. The summed E-state index contributed by atoms with van der Waals surface area (Å²) >= 11 is 7.10. The zero-order chi connectivity index (χ0) is 17.6. The summed E-state index contributed by atoms with van der Waals surface area (Å²) in [5.74, 6) is 0.365. The van der Waals surface area contributed by atoms with Crippen molar-refractivity contribution in [3.63, 3.8) is 0 Å². The third kappa shape index (κ3) is 4.71. The first-order valence-electron chi connectivity index (χ1n) is 7.42. The lowest BCUT2D eigenvalue weighted by atomic mass is 10.2. The van der Waals surface area contributed by atoms with Crippen LogP contribution in [0.2, 0.25) is 5.02 Å². The lowest BCUT2D eigenvalue weighted by Crippen LogP contribution is -2.08. The van der Waals surface area contributed by atoms with Crippen LogP contribution >= 0.6 is 22.9 Å². The van der Waals surface area contributed by atoms with E-state index in [1.807, 2.05) is 24.3 Å². The molecule has 0 unspecified atom stereocenters. The van der Waals surface area contributed by atoms with Crippen LogP contribution in [0.5, 0.6) is 11.5 Å². The van der Waals surface area contributed by atoms with Gasteiger partial charge in [-0.2, -0.15) is 0 Å². The van der Waals surface area contributed by atoms with Crippen LogP contribution in [0.1, 0.15) is 10.5 Å². The maximum absolute atomic E-state index is 10.9. The number of carboxylic acids is 1. The van der Waals surface area contributed by atoms with Crippen LogP contribution in [-0.2, 0) is 0 Å². The molecule has 128 valence electrons. The van der Waals surface area contributed by atoms with Crippen LogP contribution in [0.15, 0.2) is 53.9 Å². The molecule has 1 heterocycles. The molecule has 3 aromatic rings. The summed E-state index contributed by atoms with van der Waals surface area (Å²) in [5.41, 5.74) is 0.858. The second kappa shape index (κ2) is 8.00. The van der Waals surface area contributed by atoms with Crippen molar-refractivity contribution in [1.82, 2.24) is 4.98 Å². The van der Waals surface area contributed by atoms with E-state index in [4.69, 9.17) is 26.2 Å². The van der Waals surface area contributed by atoms with E-state index in [0.29, 0.717) is 29.0 Å². The Kier molecular flexibility index (Phi) is 5.53. The van der Waals surface area contributed by atoms with E-state index in [-0.39, 0.29) is 5.69 Å². The number of carboxylic acid groups (broad SMARTS) is 1. The lowest BCUT2D eigenvalue weighted by molar-refractivity contribution is 0.0691. The Morgan fingerprint density at radius 1 is 1.08 bits per heavy atom. The molecular weight excluding hydrogens is 362 g/mol. The van der Waals surface area contributed by atoms with Gasteiger partial charge in [0, 0.05) is 16.0 Å². The van der Waals surface area contributed by atoms with Crippen LogP contribution in [0.4, 0.5) is 0 Å². The van der Waals surface area contributed by atoms with Crippen LogP contribution in [0.3, 0.4) is 0 Å². The number of benzene rings is 2. The highest BCUT2D eigenvalue weighted by atomic mass is 35.5. The van der Waals surface area contributed by atoms with Crippen molar-refractivity contribution in [1.29, 1.82) is 0 Å². The van der Waals surface area contributed by atoms with Gasteiger partial charge in [-0.1, -0.05) is 23.7 Å². The van der Waals surface area contributed by atoms with Gasteiger partial charge < -0.3 is 14.6 Å². The number of halogens is 1. The van der Waals surface area contributed by atoms with Crippen LogP contribution in [0, 0.1) is 0 Å². The summed E-state index contributed by atoms with van der Waals surface area (Å²) in [7, 11) is 0. The maximum Gasteiger partial charge on any atom is 0.355 e. The minimum atomic E-state index is -1.03. The van der Waals surface area contributed by atoms with Gasteiger partial charge in [0.2, 0.25) is 0 Å². The van der Waals surface area contributed by atoms with Gasteiger partial charge in [0.1, 0.15) is 29.7 Å². The van der Waals surface area contributed by atoms with Gasteiger partial charge in [0.05, 0.1) is 0 Å². The molecular formula is C18H14ClNO4S. The number of rotatable bonds is 7. The third-order valence-corrected chi connectivity index (χ3v) is 4.38. The molecule has 0 aliphatic heterocycles. The average Bonchev–Trinajstić information content (AvgIpc) is 3.11. The average molecular weight is 376 g/mol. The van der Waals surface area contributed by atoms with Gasteiger partial charge in [0.15, 0.2) is 5.69 Å². The molecule has 25 heavy (non-hydrogen) atoms. The molecule has 5 nitrogen and oxygen atoms in total. The molecule has 0 atom stereocenters. The minimum absolute atomic E-state index is 0.0442. The maximum atomic E-state index is 10.9. The topological polar surface area (TPSA) is 68.7 Å². The summed E-state index contributed by atoms with van der Waals surface area (Å²) in [6.45, 7) is 0.774. The monoisotopic (exact) mass is 375 g/mol. The molecule has 0 aliphatic carbocycles. The lowest BCUT2D eigenvalue weighted by Gasteiger charge is -2.09. The molecule has 0 aliphatic rings. The van der Waals surface area contributed by atoms with Gasteiger partial charge in [0.25, 0.3) is 0 Å². The van der Waals surface area contributed by atoms with Gasteiger partial charge >= 0.3 is 5.97 Å². The first-order valence-corrected chi connectivity index (χ1v) is 8.68. The Bertz CT molecular complexity index is 864. The Morgan fingerprint density at radius 2 is 1.80 bits per heavy atom. The zero-order valence-electron chi connectivity index (χ0n) is 13.0. The van der Waals surface area contributed by atoms with Gasteiger partial charge in [-0.3, -0.25) is 0 Å². The highest BCUT2D eigenvalue weighted by molar-refractivity contribution is 7.13. The molecule has 0 bridgehead atoms. The summed E-state index contributed by atoms with van der Waals surface area (Å²) in [4.78, 5) is 15.0. The number of hydrogen-bond donors (Lipinski definition) is 1. The first kappa shape index (κ1) is 17.3. The third-order valence-electron chi connectivity index (χ3n) is 3.24. The predicted octanol–water partition coefficient (Wildman–Crippen LogP) is 4.62. The molecule has 0 saturated carbocycles. The normalized spacial score (nSPS) is 10.4. The number of nitrogens with zero attached hydrogens (tertiary/aromatic N) is 1. The van der Waals surface area contributed by atoms with Crippen molar-refractivity contribution in [2.24, 2.45) is 0 Å². The molecule has 3 rings (SSSR count). The Labute approximate surface area is 153 Å². The van der Waals surface area contributed by atoms with Crippen molar-refractivity contribution in [3.8, 4) is 22.1 Å². The van der Waals surface area contributed by atoms with E-state index in [9.17, 15) is 4.79 Å². The Balaban J connectivity index is 1.56. The number of ether oxygens (including phenoxy) is 2. The summed E-state index contributed by atoms with van der Waals surface area (Å²) in [6, 6.07) is 14.5. The smallest absolute Gasteiger partial charge is 0.355 e. The molecule has 0 fully saturated rings. The zero-order valence-corrected chi connectivity index (χ0v) is 14.6. The van der Waals surface area contributed by atoms with E-state index in [0.717, 1.165) is 11.3 Å². The van der Waals surface area contributed by atoms with Gasteiger partial charge in [-0.25, -0.2) is 9.78 Å². The summed E-state index contributed by atoms with van der Waals surface area (Å²) in [5, 5.41) is 11.8. The molecule has 1 N–H and O–H groups in total. The fourth-order valence-corrected chi connectivity index (χ4v) is 2.99. The van der Waals surface area contributed by atoms with Gasteiger partial charge in [-0.15, -0.1) is 11.3 Å². The molecule has 0 saturated heterocycles. The van der Waals surface area contributed by atoms with Crippen LogP contribution in [-0.4, -0.2) is 29.3 Å². The molecule has 0 radical (unpaired) electrons. The number of hydrogen-bond acceptors (Lipinski definition) is 5. The van der Waals surface area contributed by atoms with Crippen molar-refractivity contribution in [2.75, 3.05) is 13.2 Å². The second-order valence-electron chi connectivity index (χ2n) is 5.02. The number of aromatic nitrogens is 1. The fraction of sp³-hybridized carbons (Fsp3) is 0.111. The fourth-order valence-electron chi connectivity index (χ4n) is 2.07. The number of aromatic carboxylic acids is 1. The quantitative estimate of drug-likeness (QED) is 0.610. The highest BCUT2D eigenvalue weighted by Gasteiger charge is 2.10. The van der Waals surface area contributed by atoms with Crippen LogP contribution in [0.25, 0.3) is 10.6 Å². The van der Waals surface area contributed by atoms with Crippen molar-refractivity contribution in [2.45, 2.75) is 0 Å². The molecule has 1 aromatic heterocycles. The summed E-state index contributed by atoms with van der Waals surface area (Å²) < 4.78 is 11.2. The standard InChI is InChI=1S/C18H14ClNO4S/c19-13-4-6-14(7-5-13)23-8-9-24-15-3-1-2-12(10-15)17-20-16(11-25-17)18(21)22/h1-7,10-11H,8-9H2,(H,21,22). The number of thiazole rings is 1. The predicted molar refractivity (Wildman–Crippen MR) is 97.0 cm³/mol. The molecule has 7 heteroatoms. The number of carbonyl (C=O) groups is 1. The molecule has 0 amide bonds. The Hall–Kier alpha value is -2.57. The van der Waals surface area contributed by atoms with E-state index in [2.05, 4.69) is 4.98 Å². The molecule has 0 spiro atoms. The Morgan fingerprint density at radius 3 is 2.48 bits per heavy atom. The van der Waals surface area contributed by atoms with E-state index in [1.165, 1.54) is 16.7 Å². The van der Waals surface area contributed by atoms with Crippen molar-refractivity contribution < 1.29 is 19.4 Å². The van der Waals surface area contributed by atoms with Crippen molar-refractivity contribution in [3.05, 3.63) is 64.6 Å². The summed E-state index contributed by atoms with van der Waals surface area (Å²) in [6.07, 6.45) is 0. The van der Waals surface area contributed by atoms with E-state index in [1.54, 1.807) is 24.3 Å². The van der Waals surface area contributed by atoms with E-state index >= 15 is 0 Å². The van der Waals surface area contributed by atoms with Crippen molar-refractivity contribution >= 4 is 28.9 Å². The SMILES string of the molecule is O=C(O)c1csc(-c2cccc(OCCOc3ccc(Cl)cc3)c2)n1. The minimum Gasteiger partial charge on any atom is -0.490 e. The highest BCUT2D eigenvalue weighted by Crippen LogP contribution is 2.27. The van der Waals surface area contributed by atoms with Gasteiger partial charge in [-0.05, 0) is 36.4 Å². The largest absolute Gasteiger partial charge is 0.490 e. The van der Waals surface area contributed by atoms with E-state index < -0.39 is 5.97 Å². The first-order chi connectivity index (χ1) is 12.1.